The van der Waals surface area contributed by atoms with Gasteiger partial charge in [0.05, 0.1) is 5.39 Å². The van der Waals surface area contributed by atoms with E-state index in [9.17, 15) is 4.79 Å². The van der Waals surface area contributed by atoms with Crippen molar-refractivity contribution < 1.29 is 9.90 Å². The Bertz CT molecular complexity index is 1200. The average molecular weight is 458 g/mol. The number of aromatic amines is 1. The molecular weight excluding hydrogens is 426 g/mol. The molecule has 0 aliphatic carbocycles. The fourth-order valence-corrected chi connectivity index (χ4v) is 4.00. The van der Waals surface area contributed by atoms with Gasteiger partial charge in [-0.2, -0.15) is 0 Å². The summed E-state index contributed by atoms with van der Waals surface area (Å²) in [7, 11) is 0. The highest BCUT2D eigenvalue weighted by atomic mass is 16.4. The molecule has 0 bridgehead atoms. The molecule has 4 rings (SSSR count). The molecule has 34 heavy (non-hydrogen) atoms. The van der Waals surface area contributed by atoms with Crippen LogP contribution in [0.2, 0.25) is 0 Å². The molecular formula is C27H31N5O2. The number of hydrogen-bond acceptors (Lipinski definition) is 5. The third kappa shape index (κ3) is 6.13. The molecule has 176 valence electrons. The molecule has 0 saturated carbocycles. The molecule has 1 unspecified atom stereocenters. The van der Waals surface area contributed by atoms with Gasteiger partial charge in [0.15, 0.2) is 0 Å². The van der Waals surface area contributed by atoms with Gasteiger partial charge >= 0.3 is 5.97 Å². The normalized spacial score (nSPS) is 11.9. The molecule has 1 atom stereocenters. The van der Waals surface area contributed by atoms with Crippen LogP contribution in [-0.2, 0) is 4.79 Å². The van der Waals surface area contributed by atoms with Crippen molar-refractivity contribution in [3.63, 3.8) is 0 Å². The van der Waals surface area contributed by atoms with E-state index in [1.807, 2.05) is 18.2 Å². The maximum Gasteiger partial charge on any atom is 0.303 e. The minimum atomic E-state index is -0.713. The molecule has 0 aliphatic rings. The zero-order valence-corrected chi connectivity index (χ0v) is 19.4. The lowest BCUT2D eigenvalue weighted by Gasteiger charge is -2.15. The van der Waals surface area contributed by atoms with E-state index in [2.05, 4.69) is 75.0 Å². The lowest BCUT2D eigenvalue weighted by atomic mass is 10.1. The van der Waals surface area contributed by atoms with Crippen molar-refractivity contribution in [2.75, 3.05) is 17.2 Å². The van der Waals surface area contributed by atoms with E-state index < -0.39 is 5.97 Å². The van der Waals surface area contributed by atoms with Gasteiger partial charge < -0.3 is 20.7 Å². The Hall–Kier alpha value is -3.87. The Morgan fingerprint density at radius 2 is 1.76 bits per heavy atom. The lowest BCUT2D eigenvalue weighted by Crippen LogP contribution is -2.08. The monoisotopic (exact) mass is 457 g/mol. The fourth-order valence-electron chi connectivity index (χ4n) is 4.00. The van der Waals surface area contributed by atoms with Crippen molar-refractivity contribution in [1.29, 1.82) is 0 Å². The van der Waals surface area contributed by atoms with Crippen LogP contribution in [0, 0.1) is 0 Å². The molecule has 0 amide bonds. The minimum Gasteiger partial charge on any atom is -0.481 e. The number of rotatable bonds is 12. The van der Waals surface area contributed by atoms with E-state index >= 15 is 0 Å². The molecule has 2 aromatic carbocycles. The zero-order valence-electron chi connectivity index (χ0n) is 19.4. The summed E-state index contributed by atoms with van der Waals surface area (Å²) in [6.45, 7) is 3.00. The molecule has 0 aliphatic heterocycles. The Morgan fingerprint density at radius 3 is 2.53 bits per heavy atom. The number of carbonyl (C=O) groups is 1. The van der Waals surface area contributed by atoms with Crippen LogP contribution in [0.5, 0.6) is 0 Å². The van der Waals surface area contributed by atoms with Gasteiger partial charge in [-0.25, -0.2) is 9.97 Å². The maximum absolute atomic E-state index is 10.5. The van der Waals surface area contributed by atoms with E-state index in [1.165, 1.54) is 5.56 Å². The van der Waals surface area contributed by atoms with E-state index in [4.69, 9.17) is 5.11 Å². The number of H-pyrrole nitrogens is 1. The van der Waals surface area contributed by atoms with Crippen LogP contribution in [0.1, 0.15) is 50.6 Å². The summed E-state index contributed by atoms with van der Waals surface area (Å²) < 4.78 is 0. The lowest BCUT2D eigenvalue weighted by molar-refractivity contribution is -0.137. The number of nitrogens with zero attached hydrogens (tertiary/aromatic N) is 2. The molecule has 2 aromatic heterocycles. The second kappa shape index (κ2) is 11.3. The summed E-state index contributed by atoms with van der Waals surface area (Å²) in [5, 5.41) is 16.6. The first kappa shape index (κ1) is 23.3. The molecule has 0 radical (unpaired) electrons. The molecule has 2 heterocycles. The third-order valence-corrected chi connectivity index (χ3v) is 5.92. The van der Waals surface area contributed by atoms with Crippen LogP contribution in [0.4, 0.5) is 11.5 Å². The Labute approximate surface area is 199 Å². The van der Waals surface area contributed by atoms with Crippen molar-refractivity contribution in [3.05, 3.63) is 72.6 Å². The molecule has 7 heteroatoms. The van der Waals surface area contributed by atoms with Crippen LogP contribution in [0.3, 0.4) is 0 Å². The Morgan fingerprint density at radius 1 is 1.00 bits per heavy atom. The van der Waals surface area contributed by atoms with Gasteiger partial charge in [0.25, 0.3) is 0 Å². The molecule has 4 aromatic rings. The van der Waals surface area contributed by atoms with Gasteiger partial charge in [0.1, 0.15) is 17.8 Å². The number of aliphatic carboxylic acids is 1. The SMILES string of the molecule is CC(Nc1ncnc2[nH]c(-c3ccc(NCCCCCCC(=O)O)cc3)cc12)c1ccccc1. The van der Waals surface area contributed by atoms with Crippen molar-refractivity contribution in [1.82, 2.24) is 15.0 Å². The molecule has 4 N–H and O–H groups in total. The number of aromatic nitrogens is 3. The van der Waals surface area contributed by atoms with Gasteiger partial charge in [0.2, 0.25) is 0 Å². The predicted molar refractivity (Wildman–Crippen MR) is 137 cm³/mol. The maximum atomic E-state index is 10.5. The summed E-state index contributed by atoms with van der Waals surface area (Å²) in [6.07, 6.45) is 5.61. The summed E-state index contributed by atoms with van der Waals surface area (Å²) in [5.41, 5.74) is 5.16. The second-order valence-electron chi connectivity index (χ2n) is 8.51. The summed E-state index contributed by atoms with van der Waals surface area (Å²) in [6, 6.07) is 20.9. The molecule has 7 nitrogen and oxygen atoms in total. The first-order valence-corrected chi connectivity index (χ1v) is 11.8. The summed E-state index contributed by atoms with van der Waals surface area (Å²) in [5.74, 6) is 0.0972. The number of nitrogens with one attached hydrogen (secondary N) is 3. The van der Waals surface area contributed by atoms with Crippen molar-refractivity contribution in [2.24, 2.45) is 0 Å². The van der Waals surface area contributed by atoms with E-state index in [1.54, 1.807) is 6.33 Å². The van der Waals surface area contributed by atoms with Crippen LogP contribution in [0.25, 0.3) is 22.3 Å². The smallest absolute Gasteiger partial charge is 0.303 e. The van der Waals surface area contributed by atoms with E-state index in [0.717, 1.165) is 66.0 Å². The van der Waals surface area contributed by atoms with E-state index in [0.29, 0.717) is 0 Å². The molecule has 0 fully saturated rings. The van der Waals surface area contributed by atoms with Gasteiger partial charge in [-0.1, -0.05) is 55.3 Å². The van der Waals surface area contributed by atoms with Crippen molar-refractivity contribution in [2.45, 2.75) is 45.1 Å². The van der Waals surface area contributed by atoms with E-state index in [-0.39, 0.29) is 12.5 Å². The average Bonchev–Trinajstić information content (AvgIpc) is 3.30. The summed E-state index contributed by atoms with van der Waals surface area (Å²) in [4.78, 5) is 22.8. The van der Waals surface area contributed by atoms with Gasteiger partial charge in [-0.05, 0) is 49.1 Å². The number of anilines is 2. The number of hydrogen-bond donors (Lipinski definition) is 4. The van der Waals surface area contributed by atoms with Crippen molar-refractivity contribution in [3.8, 4) is 11.3 Å². The highest BCUT2D eigenvalue weighted by Crippen LogP contribution is 2.29. The topological polar surface area (TPSA) is 103 Å². The quantitative estimate of drug-likeness (QED) is 0.188. The fraction of sp³-hybridized carbons (Fsp3) is 0.296. The third-order valence-electron chi connectivity index (χ3n) is 5.92. The molecule has 0 saturated heterocycles. The number of unbranched alkanes of at least 4 members (excludes halogenated alkanes) is 3. The first-order valence-electron chi connectivity index (χ1n) is 11.8. The largest absolute Gasteiger partial charge is 0.481 e. The standard InChI is InChI=1S/C27H31N5O2/c1-19(20-9-5-4-6-10-20)31-26-23-17-24(32-27(23)30-18-29-26)21-12-14-22(15-13-21)28-16-8-3-2-7-11-25(33)34/h4-6,9-10,12-15,17-19,28H,2-3,7-8,11,16H2,1H3,(H,33,34)(H2,29,30,31,32). The van der Waals surface area contributed by atoms with Crippen LogP contribution < -0.4 is 10.6 Å². The van der Waals surface area contributed by atoms with Gasteiger partial charge in [-0.15, -0.1) is 0 Å². The van der Waals surface area contributed by atoms with Crippen LogP contribution >= 0.6 is 0 Å². The first-order chi connectivity index (χ1) is 16.6. The van der Waals surface area contributed by atoms with Crippen molar-refractivity contribution >= 4 is 28.5 Å². The number of benzene rings is 2. The summed E-state index contributed by atoms with van der Waals surface area (Å²) >= 11 is 0. The number of carboxylic acid groups (broad SMARTS) is 1. The predicted octanol–water partition coefficient (Wildman–Crippen LogP) is 6.25. The number of carboxylic acids is 1. The van der Waals surface area contributed by atoms with Crippen LogP contribution in [0.15, 0.2) is 67.0 Å². The molecule has 0 spiro atoms. The number of fused-ring (bicyclic) bond motifs is 1. The highest BCUT2D eigenvalue weighted by Gasteiger charge is 2.12. The zero-order chi connectivity index (χ0) is 23.8. The Balaban J connectivity index is 1.36. The van der Waals surface area contributed by atoms with Crippen LogP contribution in [-0.4, -0.2) is 32.6 Å². The Kier molecular flexibility index (Phi) is 7.75. The highest BCUT2D eigenvalue weighted by molar-refractivity contribution is 5.91. The van der Waals surface area contributed by atoms with Gasteiger partial charge in [0, 0.05) is 30.4 Å². The second-order valence-corrected chi connectivity index (χ2v) is 8.51. The van der Waals surface area contributed by atoms with Gasteiger partial charge in [-0.3, -0.25) is 4.79 Å². The minimum absolute atomic E-state index is 0.125.